The molecule has 0 aliphatic heterocycles. The van der Waals surface area contributed by atoms with E-state index in [2.05, 4.69) is 30.9 Å². The van der Waals surface area contributed by atoms with Crippen LogP contribution in [0.15, 0.2) is 47.5 Å². The number of aromatic amines is 1. The van der Waals surface area contributed by atoms with Gasteiger partial charge in [-0.2, -0.15) is 0 Å². The number of aromatic nitrogens is 3. The molecule has 0 amide bonds. The van der Waals surface area contributed by atoms with Crippen molar-refractivity contribution in [3.05, 3.63) is 53.2 Å². The molecule has 0 unspecified atom stereocenters. The molecule has 0 saturated carbocycles. The smallest absolute Gasteiger partial charge is 0.130 e. The van der Waals surface area contributed by atoms with Crippen molar-refractivity contribution in [1.29, 1.82) is 0 Å². The molecule has 1 N–H and O–H groups in total. The van der Waals surface area contributed by atoms with E-state index >= 15 is 0 Å². The predicted molar refractivity (Wildman–Crippen MR) is 72.4 cm³/mol. The number of halogens is 1. The summed E-state index contributed by atoms with van der Waals surface area (Å²) in [7, 11) is 0. The number of benzene rings is 1. The number of hydrogen-bond donors (Lipinski definition) is 1. The van der Waals surface area contributed by atoms with Crippen LogP contribution in [0.25, 0.3) is 10.9 Å². The molecule has 1 aromatic carbocycles. The van der Waals surface area contributed by atoms with Gasteiger partial charge in [0.2, 0.25) is 0 Å². The Balaban J connectivity index is 1.93. The van der Waals surface area contributed by atoms with Crippen LogP contribution in [0.1, 0.15) is 5.69 Å². The first kappa shape index (κ1) is 11.2. The van der Waals surface area contributed by atoms with Crippen LogP contribution in [-0.2, 0) is 6.61 Å². The lowest BCUT2D eigenvalue weighted by Crippen LogP contribution is -1.96. The van der Waals surface area contributed by atoms with Gasteiger partial charge in [-0.05, 0) is 24.3 Å². The molecule has 0 aliphatic carbocycles. The summed E-state index contributed by atoms with van der Waals surface area (Å²) in [5.74, 6) is 0.816. The second-order valence-electron chi connectivity index (χ2n) is 3.84. The molecule has 0 radical (unpaired) electrons. The van der Waals surface area contributed by atoms with Gasteiger partial charge in [0.05, 0.1) is 23.7 Å². The lowest BCUT2D eigenvalue weighted by Gasteiger charge is -2.08. The van der Waals surface area contributed by atoms with Crippen LogP contribution in [0.3, 0.4) is 0 Å². The molecule has 0 atom stereocenters. The standard InChI is InChI=1S/C13H10BrN3O/c14-9-1-2-12-11(5-9)13(3-4-16-12)18-7-10-6-15-8-17-10/h1-6,8H,7H2,(H,15,17). The Kier molecular flexibility index (Phi) is 2.98. The van der Waals surface area contributed by atoms with Crippen molar-refractivity contribution in [3.8, 4) is 5.75 Å². The number of nitrogens with one attached hydrogen (secondary N) is 1. The zero-order valence-corrected chi connectivity index (χ0v) is 11.0. The molecule has 3 aromatic rings. The third-order valence-electron chi connectivity index (χ3n) is 2.60. The fourth-order valence-electron chi connectivity index (χ4n) is 1.74. The molecule has 18 heavy (non-hydrogen) atoms. The van der Waals surface area contributed by atoms with Crippen molar-refractivity contribution < 1.29 is 4.74 Å². The summed E-state index contributed by atoms with van der Waals surface area (Å²) >= 11 is 3.46. The highest BCUT2D eigenvalue weighted by atomic mass is 79.9. The summed E-state index contributed by atoms with van der Waals surface area (Å²) in [6.45, 7) is 0.464. The van der Waals surface area contributed by atoms with Crippen LogP contribution in [0.5, 0.6) is 5.75 Å². The zero-order valence-electron chi connectivity index (χ0n) is 9.43. The number of hydrogen-bond acceptors (Lipinski definition) is 3. The predicted octanol–water partition coefficient (Wildman–Crippen LogP) is 3.30. The summed E-state index contributed by atoms with van der Waals surface area (Å²) in [4.78, 5) is 11.3. The fourth-order valence-corrected chi connectivity index (χ4v) is 2.10. The van der Waals surface area contributed by atoms with Gasteiger partial charge < -0.3 is 9.72 Å². The monoisotopic (exact) mass is 303 g/mol. The summed E-state index contributed by atoms with van der Waals surface area (Å²) in [5, 5.41) is 0.992. The van der Waals surface area contributed by atoms with Crippen LogP contribution in [0.2, 0.25) is 0 Å². The highest BCUT2D eigenvalue weighted by molar-refractivity contribution is 9.10. The van der Waals surface area contributed by atoms with Crippen molar-refractivity contribution in [3.63, 3.8) is 0 Å². The van der Waals surface area contributed by atoms with Gasteiger partial charge in [-0.15, -0.1) is 0 Å². The highest BCUT2D eigenvalue weighted by Gasteiger charge is 2.04. The molecular weight excluding hydrogens is 294 g/mol. The van der Waals surface area contributed by atoms with Gasteiger partial charge in [0.1, 0.15) is 12.4 Å². The first-order valence-corrected chi connectivity index (χ1v) is 6.26. The van der Waals surface area contributed by atoms with Crippen molar-refractivity contribution in [2.75, 3.05) is 0 Å². The van der Waals surface area contributed by atoms with Gasteiger partial charge in [0.25, 0.3) is 0 Å². The normalized spacial score (nSPS) is 10.7. The van der Waals surface area contributed by atoms with Crippen LogP contribution >= 0.6 is 15.9 Å². The lowest BCUT2D eigenvalue weighted by molar-refractivity contribution is 0.305. The quantitative estimate of drug-likeness (QED) is 0.807. The average molecular weight is 304 g/mol. The third kappa shape index (κ3) is 2.22. The van der Waals surface area contributed by atoms with E-state index in [-0.39, 0.29) is 0 Å². The van der Waals surface area contributed by atoms with Crippen molar-refractivity contribution in [2.45, 2.75) is 6.61 Å². The van der Waals surface area contributed by atoms with Crippen LogP contribution in [0.4, 0.5) is 0 Å². The van der Waals surface area contributed by atoms with Gasteiger partial charge in [0, 0.05) is 16.1 Å². The molecule has 2 heterocycles. The first-order valence-electron chi connectivity index (χ1n) is 5.47. The van der Waals surface area contributed by atoms with Gasteiger partial charge >= 0.3 is 0 Å². The molecule has 2 aromatic heterocycles. The Morgan fingerprint density at radius 2 is 2.22 bits per heavy atom. The maximum Gasteiger partial charge on any atom is 0.130 e. The van der Waals surface area contributed by atoms with E-state index in [1.54, 1.807) is 18.7 Å². The van der Waals surface area contributed by atoms with Gasteiger partial charge in [-0.25, -0.2) is 4.98 Å². The molecule has 3 rings (SSSR count). The second kappa shape index (κ2) is 4.78. The average Bonchev–Trinajstić information content (AvgIpc) is 2.89. The number of pyridine rings is 1. The number of imidazole rings is 1. The van der Waals surface area contributed by atoms with Crippen LogP contribution in [0, 0.1) is 0 Å². The SMILES string of the molecule is Brc1ccc2nccc(OCc3cnc[nH]3)c2c1. The number of H-pyrrole nitrogens is 1. The van der Waals surface area contributed by atoms with E-state index in [1.165, 1.54) is 0 Å². The van der Waals surface area contributed by atoms with Gasteiger partial charge in [0.15, 0.2) is 0 Å². The minimum absolute atomic E-state index is 0.464. The molecule has 0 spiro atoms. The van der Waals surface area contributed by atoms with Gasteiger partial charge in [-0.3, -0.25) is 4.98 Å². The Labute approximate surface area is 112 Å². The first-order chi connectivity index (χ1) is 8.83. The maximum atomic E-state index is 5.79. The highest BCUT2D eigenvalue weighted by Crippen LogP contribution is 2.27. The zero-order chi connectivity index (χ0) is 12.4. The van der Waals surface area contributed by atoms with Crippen molar-refractivity contribution >= 4 is 26.8 Å². The van der Waals surface area contributed by atoms with E-state index in [0.717, 1.165) is 26.8 Å². The number of nitrogens with zero attached hydrogens (tertiary/aromatic N) is 2. The van der Waals surface area contributed by atoms with E-state index in [1.807, 2.05) is 24.3 Å². The molecule has 0 fully saturated rings. The summed E-state index contributed by atoms with van der Waals surface area (Å²) in [6, 6.07) is 7.80. The summed E-state index contributed by atoms with van der Waals surface area (Å²) < 4.78 is 6.80. The molecular formula is C13H10BrN3O. The largest absolute Gasteiger partial charge is 0.487 e. The molecule has 5 heteroatoms. The van der Waals surface area contributed by atoms with E-state index in [9.17, 15) is 0 Å². The lowest BCUT2D eigenvalue weighted by atomic mass is 10.2. The van der Waals surface area contributed by atoms with Crippen molar-refractivity contribution in [1.82, 2.24) is 15.0 Å². The molecule has 0 saturated heterocycles. The third-order valence-corrected chi connectivity index (χ3v) is 3.09. The van der Waals surface area contributed by atoms with Crippen molar-refractivity contribution in [2.24, 2.45) is 0 Å². The molecule has 90 valence electrons. The topological polar surface area (TPSA) is 50.8 Å². The number of ether oxygens (including phenoxy) is 1. The Morgan fingerprint density at radius 3 is 3.06 bits per heavy atom. The molecule has 4 nitrogen and oxygen atoms in total. The van der Waals surface area contributed by atoms with E-state index in [4.69, 9.17) is 4.74 Å². The Hall–Kier alpha value is -1.88. The second-order valence-corrected chi connectivity index (χ2v) is 4.75. The molecule has 0 aliphatic rings. The molecule has 0 bridgehead atoms. The number of rotatable bonds is 3. The summed E-state index contributed by atoms with van der Waals surface area (Å²) in [6.07, 6.45) is 5.14. The Morgan fingerprint density at radius 1 is 1.28 bits per heavy atom. The Bertz CT molecular complexity index is 667. The van der Waals surface area contributed by atoms with Crippen LogP contribution < -0.4 is 4.74 Å². The van der Waals surface area contributed by atoms with E-state index in [0.29, 0.717) is 6.61 Å². The van der Waals surface area contributed by atoms with Crippen LogP contribution in [-0.4, -0.2) is 15.0 Å². The minimum Gasteiger partial charge on any atom is -0.487 e. The maximum absolute atomic E-state index is 5.79. The minimum atomic E-state index is 0.464. The van der Waals surface area contributed by atoms with E-state index < -0.39 is 0 Å². The van der Waals surface area contributed by atoms with Gasteiger partial charge in [-0.1, -0.05) is 15.9 Å². The fraction of sp³-hybridized carbons (Fsp3) is 0.0769. The number of fused-ring (bicyclic) bond motifs is 1. The summed E-state index contributed by atoms with van der Waals surface area (Å²) in [5.41, 5.74) is 1.86.